The maximum absolute atomic E-state index is 13.6. The van der Waals surface area contributed by atoms with Crippen LogP contribution in [0.15, 0.2) is 41.3 Å². The van der Waals surface area contributed by atoms with Gasteiger partial charge in [0.1, 0.15) is 5.82 Å². The number of hydrogen-bond acceptors (Lipinski definition) is 2. The van der Waals surface area contributed by atoms with Gasteiger partial charge in [-0.25, -0.2) is 9.18 Å². The van der Waals surface area contributed by atoms with Crippen LogP contribution in [0.1, 0.15) is 21.5 Å². The van der Waals surface area contributed by atoms with Gasteiger partial charge < -0.3 is 5.11 Å². The van der Waals surface area contributed by atoms with Crippen LogP contribution in [-0.2, 0) is 16.6 Å². The molecule has 2 rings (SSSR count). The molecule has 1 atom stereocenters. The van der Waals surface area contributed by atoms with Gasteiger partial charge in [-0.05, 0) is 42.8 Å². The molecule has 110 valence electrons. The summed E-state index contributed by atoms with van der Waals surface area (Å²) in [5.74, 6) is -1.63. The summed E-state index contributed by atoms with van der Waals surface area (Å²) in [4.78, 5) is 11.4. The van der Waals surface area contributed by atoms with Gasteiger partial charge in [0, 0.05) is 15.5 Å². The minimum Gasteiger partial charge on any atom is -0.478 e. The number of aromatic carboxylic acids is 1. The first-order chi connectivity index (χ1) is 9.88. The highest BCUT2D eigenvalue weighted by Crippen LogP contribution is 2.21. The Morgan fingerprint density at radius 3 is 2.67 bits per heavy atom. The minimum atomic E-state index is -1.55. The Bertz CT molecular complexity index is 731. The zero-order valence-corrected chi connectivity index (χ0v) is 12.7. The fraction of sp³-hybridized carbons (Fsp3) is 0.133. The first kappa shape index (κ1) is 15.7. The summed E-state index contributed by atoms with van der Waals surface area (Å²) in [6, 6.07) is 8.58. The van der Waals surface area contributed by atoms with Crippen molar-refractivity contribution in [3.8, 4) is 0 Å². The standard InChI is InChI=1S/C15H12ClFO3S/c1-9-2-4-12(7-13(9)15(18)19)21(20)8-10-6-11(16)3-5-14(10)17/h2-7H,8H2,1H3,(H,18,19). The third kappa shape index (κ3) is 3.68. The zero-order valence-electron chi connectivity index (χ0n) is 11.1. The molecule has 0 aliphatic carbocycles. The van der Waals surface area contributed by atoms with Gasteiger partial charge in [-0.2, -0.15) is 0 Å². The Kier molecular flexibility index (Phi) is 4.75. The second-order valence-electron chi connectivity index (χ2n) is 4.51. The van der Waals surface area contributed by atoms with E-state index in [-0.39, 0.29) is 16.9 Å². The van der Waals surface area contributed by atoms with Crippen molar-refractivity contribution in [2.45, 2.75) is 17.6 Å². The van der Waals surface area contributed by atoms with Crippen molar-refractivity contribution in [1.29, 1.82) is 0 Å². The van der Waals surface area contributed by atoms with E-state index in [1.165, 1.54) is 24.3 Å². The van der Waals surface area contributed by atoms with E-state index in [4.69, 9.17) is 16.7 Å². The van der Waals surface area contributed by atoms with Gasteiger partial charge in [0.2, 0.25) is 0 Å². The van der Waals surface area contributed by atoms with Gasteiger partial charge in [-0.15, -0.1) is 0 Å². The van der Waals surface area contributed by atoms with E-state index in [1.54, 1.807) is 19.1 Å². The number of rotatable bonds is 4. The van der Waals surface area contributed by atoms with Crippen LogP contribution in [0.4, 0.5) is 4.39 Å². The average molecular weight is 327 g/mol. The summed E-state index contributed by atoms with van der Waals surface area (Å²) in [5, 5.41) is 9.43. The van der Waals surface area contributed by atoms with E-state index in [2.05, 4.69) is 0 Å². The summed E-state index contributed by atoms with van der Waals surface area (Å²) in [6.45, 7) is 1.66. The Morgan fingerprint density at radius 2 is 2.00 bits per heavy atom. The van der Waals surface area contributed by atoms with Crippen molar-refractivity contribution in [1.82, 2.24) is 0 Å². The molecule has 3 nitrogen and oxygen atoms in total. The number of aryl methyl sites for hydroxylation is 1. The Balaban J connectivity index is 2.30. The maximum Gasteiger partial charge on any atom is 0.335 e. The molecule has 0 amide bonds. The monoisotopic (exact) mass is 326 g/mol. The van der Waals surface area contributed by atoms with Crippen molar-refractivity contribution < 1.29 is 18.5 Å². The molecular weight excluding hydrogens is 315 g/mol. The Hall–Kier alpha value is -1.72. The van der Waals surface area contributed by atoms with Crippen LogP contribution in [-0.4, -0.2) is 15.3 Å². The third-order valence-corrected chi connectivity index (χ3v) is 4.58. The molecule has 2 aromatic carbocycles. The van der Waals surface area contributed by atoms with Crippen LogP contribution in [0.2, 0.25) is 5.02 Å². The minimum absolute atomic E-state index is 0.0610. The summed E-state index contributed by atoms with van der Waals surface area (Å²) >= 11 is 5.79. The molecule has 0 aliphatic rings. The van der Waals surface area contributed by atoms with E-state index >= 15 is 0 Å². The lowest BCUT2D eigenvalue weighted by molar-refractivity contribution is 0.0696. The summed E-state index contributed by atoms with van der Waals surface area (Å²) in [7, 11) is -1.55. The SMILES string of the molecule is Cc1ccc(S(=O)Cc2cc(Cl)ccc2F)cc1C(=O)O. The highest BCUT2D eigenvalue weighted by atomic mass is 35.5. The lowest BCUT2D eigenvalue weighted by Crippen LogP contribution is -2.04. The number of benzene rings is 2. The van der Waals surface area contributed by atoms with Crippen LogP contribution in [0, 0.1) is 12.7 Å². The molecule has 0 aliphatic heterocycles. The Labute approximate surface area is 128 Å². The predicted molar refractivity (Wildman–Crippen MR) is 79.7 cm³/mol. The van der Waals surface area contributed by atoms with Crippen LogP contribution in [0.25, 0.3) is 0 Å². The summed E-state index contributed by atoms with van der Waals surface area (Å²) in [5.41, 5.74) is 0.905. The van der Waals surface area contributed by atoms with Crippen molar-refractivity contribution in [2.75, 3.05) is 0 Å². The molecule has 0 bridgehead atoms. The average Bonchev–Trinajstić information content (AvgIpc) is 2.43. The molecule has 0 saturated carbocycles. The predicted octanol–water partition coefficient (Wildman–Crippen LogP) is 3.79. The van der Waals surface area contributed by atoms with Crippen molar-refractivity contribution in [3.63, 3.8) is 0 Å². The van der Waals surface area contributed by atoms with Crippen LogP contribution >= 0.6 is 11.6 Å². The number of carboxylic acids is 1. The largest absolute Gasteiger partial charge is 0.478 e. The van der Waals surface area contributed by atoms with E-state index in [9.17, 15) is 13.4 Å². The van der Waals surface area contributed by atoms with E-state index in [0.29, 0.717) is 15.5 Å². The molecule has 0 heterocycles. The topological polar surface area (TPSA) is 54.4 Å². The van der Waals surface area contributed by atoms with Gasteiger partial charge in [0.15, 0.2) is 0 Å². The normalized spacial score (nSPS) is 12.1. The van der Waals surface area contributed by atoms with Crippen LogP contribution < -0.4 is 0 Å². The maximum atomic E-state index is 13.6. The van der Waals surface area contributed by atoms with Gasteiger partial charge >= 0.3 is 5.97 Å². The van der Waals surface area contributed by atoms with Gasteiger partial charge in [0.25, 0.3) is 0 Å². The molecule has 6 heteroatoms. The molecule has 1 N–H and O–H groups in total. The number of carboxylic acid groups (broad SMARTS) is 1. The van der Waals surface area contributed by atoms with Crippen molar-refractivity contribution in [2.24, 2.45) is 0 Å². The number of halogens is 2. The molecule has 0 radical (unpaired) electrons. The lowest BCUT2D eigenvalue weighted by atomic mass is 10.1. The third-order valence-electron chi connectivity index (χ3n) is 3.00. The molecule has 0 saturated heterocycles. The Morgan fingerprint density at radius 1 is 1.29 bits per heavy atom. The van der Waals surface area contributed by atoms with E-state index in [0.717, 1.165) is 0 Å². The van der Waals surface area contributed by atoms with Crippen molar-refractivity contribution >= 4 is 28.4 Å². The first-order valence-corrected chi connectivity index (χ1v) is 7.74. The number of hydrogen-bond donors (Lipinski definition) is 1. The van der Waals surface area contributed by atoms with Gasteiger partial charge in [0.05, 0.1) is 22.1 Å². The molecular formula is C15H12ClFO3S. The highest BCUT2D eigenvalue weighted by Gasteiger charge is 2.13. The highest BCUT2D eigenvalue weighted by molar-refractivity contribution is 7.84. The fourth-order valence-corrected chi connectivity index (χ4v) is 3.19. The summed E-state index contributed by atoms with van der Waals surface area (Å²) < 4.78 is 25.9. The van der Waals surface area contributed by atoms with Crippen LogP contribution in [0.3, 0.4) is 0 Å². The molecule has 0 aromatic heterocycles. The molecule has 0 fully saturated rings. The smallest absolute Gasteiger partial charge is 0.335 e. The lowest BCUT2D eigenvalue weighted by Gasteiger charge is -2.07. The second kappa shape index (κ2) is 6.37. The summed E-state index contributed by atoms with van der Waals surface area (Å²) in [6.07, 6.45) is 0. The fourth-order valence-electron chi connectivity index (χ4n) is 1.85. The van der Waals surface area contributed by atoms with Gasteiger partial charge in [-0.3, -0.25) is 4.21 Å². The quantitative estimate of drug-likeness (QED) is 0.930. The van der Waals surface area contributed by atoms with E-state index < -0.39 is 22.6 Å². The van der Waals surface area contributed by atoms with E-state index in [1.807, 2.05) is 0 Å². The molecule has 2 aromatic rings. The van der Waals surface area contributed by atoms with Crippen LogP contribution in [0.5, 0.6) is 0 Å². The molecule has 21 heavy (non-hydrogen) atoms. The first-order valence-electron chi connectivity index (χ1n) is 6.04. The second-order valence-corrected chi connectivity index (χ2v) is 6.40. The van der Waals surface area contributed by atoms with Crippen molar-refractivity contribution in [3.05, 3.63) is 63.9 Å². The molecule has 1 unspecified atom stereocenters. The number of carbonyl (C=O) groups is 1. The zero-order chi connectivity index (χ0) is 15.6. The van der Waals surface area contributed by atoms with Gasteiger partial charge in [-0.1, -0.05) is 17.7 Å². The molecule has 0 spiro atoms.